The summed E-state index contributed by atoms with van der Waals surface area (Å²) in [7, 11) is 0. The Hall–Kier alpha value is -0.870. The lowest BCUT2D eigenvalue weighted by Gasteiger charge is -2.00. The standard InChI is InChI=1S/C10H10S/c1-2-9-5-3-4-6-10(9)7-8-11/h1,3-6,11H,7-8H2. The second-order valence-corrected chi connectivity index (χ2v) is 2.72. The first-order valence-electron chi connectivity index (χ1n) is 3.54. The number of hydrogen-bond acceptors (Lipinski definition) is 1. The minimum atomic E-state index is 0.846. The molecule has 1 rings (SSSR count). The Morgan fingerprint density at radius 3 is 2.73 bits per heavy atom. The van der Waals surface area contributed by atoms with Crippen molar-refractivity contribution in [2.24, 2.45) is 0 Å². The molecular formula is C10H10S. The molecule has 0 unspecified atom stereocenters. The van der Waals surface area contributed by atoms with Gasteiger partial charge >= 0.3 is 0 Å². The molecule has 0 fully saturated rings. The molecule has 0 saturated carbocycles. The van der Waals surface area contributed by atoms with Crippen LogP contribution in [0.2, 0.25) is 0 Å². The molecule has 0 aliphatic carbocycles. The fourth-order valence-corrected chi connectivity index (χ4v) is 1.24. The molecule has 56 valence electrons. The monoisotopic (exact) mass is 162 g/mol. The predicted octanol–water partition coefficient (Wildman–Crippen LogP) is 2.14. The predicted molar refractivity (Wildman–Crippen MR) is 51.9 cm³/mol. The van der Waals surface area contributed by atoms with E-state index < -0.39 is 0 Å². The Bertz CT molecular complexity index is 270. The van der Waals surface area contributed by atoms with E-state index in [1.165, 1.54) is 5.56 Å². The van der Waals surface area contributed by atoms with E-state index in [4.69, 9.17) is 6.42 Å². The second-order valence-electron chi connectivity index (χ2n) is 2.28. The van der Waals surface area contributed by atoms with Crippen LogP contribution >= 0.6 is 12.6 Å². The summed E-state index contributed by atoms with van der Waals surface area (Å²) in [6, 6.07) is 7.96. The summed E-state index contributed by atoms with van der Waals surface area (Å²) in [5.41, 5.74) is 2.20. The molecule has 0 amide bonds. The van der Waals surface area contributed by atoms with Crippen LogP contribution in [0.15, 0.2) is 24.3 Å². The van der Waals surface area contributed by atoms with E-state index in [0.717, 1.165) is 17.7 Å². The van der Waals surface area contributed by atoms with Crippen LogP contribution in [0.4, 0.5) is 0 Å². The summed E-state index contributed by atoms with van der Waals surface area (Å²) in [5.74, 6) is 3.49. The molecule has 1 aromatic carbocycles. The lowest BCUT2D eigenvalue weighted by atomic mass is 10.1. The Labute approximate surface area is 73.0 Å². The molecular weight excluding hydrogens is 152 g/mol. The Morgan fingerprint density at radius 1 is 1.36 bits per heavy atom. The maximum Gasteiger partial charge on any atom is 0.0274 e. The highest BCUT2D eigenvalue weighted by atomic mass is 32.1. The van der Waals surface area contributed by atoms with Crippen molar-refractivity contribution in [3.8, 4) is 12.3 Å². The topological polar surface area (TPSA) is 0 Å². The molecule has 1 aromatic rings. The van der Waals surface area contributed by atoms with Crippen LogP contribution in [0.1, 0.15) is 11.1 Å². The summed E-state index contributed by atoms with van der Waals surface area (Å²) in [4.78, 5) is 0. The quantitative estimate of drug-likeness (QED) is 0.500. The number of thiol groups is 1. The highest BCUT2D eigenvalue weighted by molar-refractivity contribution is 7.80. The van der Waals surface area contributed by atoms with Crippen molar-refractivity contribution in [1.29, 1.82) is 0 Å². The summed E-state index contributed by atoms with van der Waals surface area (Å²) in [6.45, 7) is 0. The van der Waals surface area contributed by atoms with E-state index in [1.54, 1.807) is 0 Å². The average Bonchev–Trinajstić information content (AvgIpc) is 2.06. The van der Waals surface area contributed by atoms with Gasteiger partial charge in [-0.2, -0.15) is 12.6 Å². The van der Waals surface area contributed by atoms with Crippen LogP contribution in [0.3, 0.4) is 0 Å². The van der Waals surface area contributed by atoms with Gasteiger partial charge < -0.3 is 0 Å². The van der Waals surface area contributed by atoms with Crippen molar-refractivity contribution in [2.45, 2.75) is 6.42 Å². The molecule has 1 heteroatoms. The number of aryl methyl sites for hydroxylation is 1. The minimum Gasteiger partial charge on any atom is -0.179 e. The van der Waals surface area contributed by atoms with Gasteiger partial charge in [0.15, 0.2) is 0 Å². The molecule has 0 bridgehead atoms. The van der Waals surface area contributed by atoms with Gasteiger partial charge in [0, 0.05) is 5.56 Å². The van der Waals surface area contributed by atoms with Gasteiger partial charge in [0.1, 0.15) is 0 Å². The van der Waals surface area contributed by atoms with E-state index in [1.807, 2.05) is 24.3 Å². The van der Waals surface area contributed by atoms with E-state index in [0.29, 0.717) is 0 Å². The molecule has 0 heterocycles. The number of benzene rings is 1. The largest absolute Gasteiger partial charge is 0.179 e. The highest BCUT2D eigenvalue weighted by Crippen LogP contribution is 2.07. The van der Waals surface area contributed by atoms with Crippen LogP contribution in [0.25, 0.3) is 0 Å². The Kier molecular flexibility index (Phi) is 3.07. The van der Waals surface area contributed by atoms with Gasteiger partial charge in [-0.3, -0.25) is 0 Å². The Morgan fingerprint density at radius 2 is 2.09 bits per heavy atom. The van der Waals surface area contributed by atoms with Crippen LogP contribution in [0, 0.1) is 12.3 Å². The van der Waals surface area contributed by atoms with Gasteiger partial charge in [0.2, 0.25) is 0 Å². The molecule has 0 aromatic heterocycles. The zero-order valence-electron chi connectivity index (χ0n) is 6.25. The third-order valence-electron chi connectivity index (χ3n) is 1.55. The zero-order chi connectivity index (χ0) is 8.10. The fourth-order valence-electron chi connectivity index (χ4n) is 1.000. The maximum atomic E-state index is 5.31. The van der Waals surface area contributed by atoms with E-state index in [2.05, 4.69) is 18.5 Å². The van der Waals surface area contributed by atoms with Gasteiger partial charge in [-0.15, -0.1) is 6.42 Å². The van der Waals surface area contributed by atoms with Gasteiger partial charge in [0.25, 0.3) is 0 Å². The van der Waals surface area contributed by atoms with E-state index >= 15 is 0 Å². The molecule has 0 saturated heterocycles. The SMILES string of the molecule is C#Cc1ccccc1CCS. The highest BCUT2D eigenvalue weighted by Gasteiger charge is 1.95. The molecule has 0 N–H and O–H groups in total. The molecule has 0 aliphatic heterocycles. The molecule has 11 heavy (non-hydrogen) atoms. The van der Waals surface area contributed by atoms with Crippen LogP contribution in [0.5, 0.6) is 0 Å². The first-order chi connectivity index (χ1) is 5.38. The number of hydrogen-bond donors (Lipinski definition) is 1. The maximum absolute atomic E-state index is 5.31. The van der Waals surface area contributed by atoms with Gasteiger partial charge in [-0.05, 0) is 23.8 Å². The summed E-state index contributed by atoms with van der Waals surface area (Å²) in [6.07, 6.45) is 6.25. The zero-order valence-corrected chi connectivity index (χ0v) is 7.14. The molecule has 0 radical (unpaired) electrons. The number of terminal acetylenes is 1. The fraction of sp³-hybridized carbons (Fsp3) is 0.200. The third kappa shape index (κ3) is 2.03. The van der Waals surface area contributed by atoms with Gasteiger partial charge in [-0.25, -0.2) is 0 Å². The van der Waals surface area contributed by atoms with Crippen molar-refractivity contribution in [3.05, 3.63) is 35.4 Å². The number of rotatable bonds is 2. The van der Waals surface area contributed by atoms with Crippen molar-refractivity contribution in [2.75, 3.05) is 5.75 Å². The van der Waals surface area contributed by atoms with Crippen LogP contribution < -0.4 is 0 Å². The first-order valence-corrected chi connectivity index (χ1v) is 4.17. The summed E-state index contributed by atoms with van der Waals surface area (Å²) >= 11 is 4.15. The molecule has 0 spiro atoms. The molecule has 0 aliphatic rings. The second kappa shape index (κ2) is 4.10. The normalized spacial score (nSPS) is 9.09. The van der Waals surface area contributed by atoms with Crippen molar-refractivity contribution >= 4 is 12.6 Å². The van der Waals surface area contributed by atoms with Crippen LogP contribution in [-0.4, -0.2) is 5.75 Å². The van der Waals surface area contributed by atoms with Crippen LogP contribution in [-0.2, 0) is 6.42 Å². The third-order valence-corrected chi connectivity index (χ3v) is 1.78. The van der Waals surface area contributed by atoms with E-state index in [9.17, 15) is 0 Å². The smallest absolute Gasteiger partial charge is 0.0274 e. The first kappa shape index (κ1) is 8.23. The molecule has 0 atom stereocenters. The minimum absolute atomic E-state index is 0.846. The average molecular weight is 162 g/mol. The molecule has 0 nitrogen and oxygen atoms in total. The summed E-state index contributed by atoms with van der Waals surface area (Å²) < 4.78 is 0. The van der Waals surface area contributed by atoms with Crippen molar-refractivity contribution in [3.63, 3.8) is 0 Å². The summed E-state index contributed by atoms with van der Waals surface area (Å²) in [5, 5.41) is 0. The van der Waals surface area contributed by atoms with Crippen molar-refractivity contribution < 1.29 is 0 Å². The lowest BCUT2D eigenvalue weighted by molar-refractivity contribution is 1.15. The lowest BCUT2D eigenvalue weighted by Crippen LogP contribution is -1.89. The van der Waals surface area contributed by atoms with Gasteiger partial charge in [-0.1, -0.05) is 24.1 Å². The van der Waals surface area contributed by atoms with E-state index in [-0.39, 0.29) is 0 Å². The van der Waals surface area contributed by atoms with Crippen molar-refractivity contribution in [1.82, 2.24) is 0 Å². The van der Waals surface area contributed by atoms with Gasteiger partial charge in [0.05, 0.1) is 0 Å². The Balaban J connectivity index is 2.95.